The Bertz CT molecular complexity index is 2940. The number of rotatable bonds is 6. The highest BCUT2D eigenvalue weighted by atomic mass is 14.9. The van der Waals surface area contributed by atoms with Gasteiger partial charge < -0.3 is 0 Å². The summed E-state index contributed by atoms with van der Waals surface area (Å²) in [6, 6.07) is 66.8. The highest BCUT2D eigenvalue weighted by Gasteiger charge is 2.13. The summed E-state index contributed by atoms with van der Waals surface area (Å²) in [5, 5.41) is 7.68. The molecule has 0 fully saturated rings. The molecule has 0 atom stereocenters. The van der Waals surface area contributed by atoms with Crippen LogP contribution in [0.3, 0.4) is 0 Å². The molecule has 0 N–H and O–H groups in total. The van der Waals surface area contributed by atoms with Crippen molar-refractivity contribution in [1.29, 1.82) is 0 Å². The van der Waals surface area contributed by atoms with E-state index in [9.17, 15) is 0 Å². The Morgan fingerprint density at radius 3 is 1.41 bits per heavy atom. The molecule has 0 aliphatic rings. The predicted octanol–water partition coefficient (Wildman–Crippen LogP) is 13.3. The second-order valence-corrected chi connectivity index (χ2v) is 13.7. The second-order valence-electron chi connectivity index (χ2n) is 13.7. The third-order valence-corrected chi connectivity index (χ3v) is 10.4. The Morgan fingerprint density at radius 2 is 0.778 bits per heavy atom. The van der Waals surface area contributed by atoms with Gasteiger partial charge in [0.25, 0.3) is 0 Å². The van der Waals surface area contributed by atoms with Crippen molar-refractivity contribution in [1.82, 2.24) is 15.0 Å². The van der Waals surface area contributed by atoms with Crippen LogP contribution >= 0.6 is 0 Å². The fraction of sp³-hybridized carbons (Fsp3) is 0. The molecule has 2 aromatic heterocycles. The monoisotopic (exact) mass is 687 g/mol. The molecular weight excluding hydrogens is 655 g/mol. The van der Waals surface area contributed by atoms with E-state index >= 15 is 0 Å². The Morgan fingerprint density at radius 1 is 0.296 bits per heavy atom. The van der Waals surface area contributed by atoms with E-state index in [1.54, 1.807) is 0 Å². The number of pyridine rings is 1. The van der Waals surface area contributed by atoms with Crippen molar-refractivity contribution in [3.05, 3.63) is 200 Å². The molecule has 0 saturated heterocycles. The Balaban J connectivity index is 0.982. The maximum atomic E-state index is 5.06. The highest BCUT2D eigenvalue weighted by molar-refractivity contribution is 6.23. The molecule has 0 aliphatic carbocycles. The summed E-state index contributed by atoms with van der Waals surface area (Å²) >= 11 is 0. The van der Waals surface area contributed by atoms with Gasteiger partial charge in [-0.05, 0) is 90.0 Å². The summed E-state index contributed by atoms with van der Waals surface area (Å²) in [4.78, 5) is 14.2. The minimum atomic E-state index is 0.704. The first-order valence-corrected chi connectivity index (χ1v) is 18.2. The summed E-state index contributed by atoms with van der Waals surface area (Å²) in [5.74, 6) is 0.704. The fourth-order valence-corrected chi connectivity index (χ4v) is 7.63. The minimum absolute atomic E-state index is 0.704. The summed E-state index contributed by atoms with van der Waals surface area (Å²) in [5.41, 5.74) is 11.9. The lowest BCUT2D eigenvalue weighted by Gasteiger charge is -2.14. The lowest BCUT2D eigenvalue weighted by atomic mass is 9.90. The van der Waals surface area contributed by atoms with Gasteiger partial charge in [0.2, 0.25) is 0 Å². The van der Waals surface area contributed by atoms with Gasteiger partial charge in [0.15, 0.2) is 5.82 Å². The number of benzene rings is 8. The topological polar surface area (TPSA) is 38.7 Å². The van der Waals surface area contributed by atoms with Gasteiger partial charge in [-0.1, -0.05) is 164 Å². The molecule has 54 heavy (non-hydrogen) atoms. The highest BCUT2D eigenvalue weighted by Crippen LogP contribution is 2.39. The molecule has 3 nitrogen and oxygen atoms in total. The molecule has 3 heteroatoms. The normalized spacial score (nSPS) is 11.3. The average molecular weight is 688 g/mol. The first-order valence-electron chi connectivity index (χ1n) is 18.2. The van der Waals surface area contributed by atoms with Gasteiger partial charge in [-0.25, -0.2) is 9.97 Å². The van der Waals surface area contributed by atoms with Crippen LogP contribution in [-0.2, 0) is 0 Å². The number of nitrogens with zero attached hydrogens (tertiary/aromatic N) is 3. The first-order chi connectivity index (χ1) is 26.7. The van der Waals surface area contributed by atoms with E-state index in [1.165, 1.54) is 49.0 Å². The van der Waals surface area contributed by atoms with Gasteiger partial charge in [-0.2, -0.15) is 0 Å². The van der Waals surface area contributed by atoms with Gasteiger partial charge in [-0.15, -0.1) is 0 Å². The van der Waals surface area contributed by atoms with E-state index in [2.05, 4.69) is 163 Å². The average Bonchev–Trinajstić information content (AvgIpc) is 3.26. The zero-order valence-electron chi connectivity index (χ0n) is 29.4. The summed E-state index contributed by atoms with van der Waals surface area (Å²) < 4.78 is 0. The molecule has 0 radical (unpaired) electrons. The van der Waals surface area contributed by atoms with E-state index < -0.39 is 0 Å². The van der Waals surface area contributed by atoms with Gasteiger partial charge in [0.05, 0.1) is 11.4 Å². The molecule has 10 aromatic rings. The quantitative estimate of drug-likeness (QED) is 0.163. The maximum Gasteiger partial charge on any atom is 0.160 e. The standard InChI is InChI=1S/C51H33N3/c1-2-9-42(10-3-1)51-53-48(33-49(54-51)41-25-18-36(19-26-41)37-28-30-52-31-29-37)40-23-16-35(17-24-40)34-14-20-39(21-15-34)47-32-43-27-22-38-8-4-5-11-44(38)50(43)46-13-7-6-12-45(46)47/h1-33H. The number of hydrogen-bond donors (Lipinski definition) is 0. The molecule has 0 saturated carbocycles. The van der Waals surface area contributed by atoms with Crippen molar-refractivity contribution >= 4 is 32.3 Å². The molecule has 0 spiro atoms. The number of hydrogen-bond acceptors (Lipinski definition) is 3. The van der Waals surface area contributed by atoms with Gasteiger partial charge in [-0.3, -0.25) is 4.98 Å². The minimum Gasteiger partial charge on any atom is -0.265 e. The van der Waals surface area contributed by atoms with Crippen LogP contribution in [-0.4, -0.2) is 15.0 Å². The molecule has 0 unspecified atom stereocenters. The van der Waals surface area contributed by atoms with Crippen LogP contribution in [0.1, 0.15) is 0 Å². The van der Waals surface area contributed by atoms with Crippen molar-refractivity contribution in [2.75, 3.05) is 0 Å². The van der Waals surface area contributed by atoms with Crippen molar-refractivity contribution in [2.45, 2.75) is 0 Å². The van der Waals surface area contributed by atoms with Crippen molar-refractivity contribution < 1.29 is 0 Å². The van der Waals surface area contributed by atoms with Crippen LogP contribution in [0.15, 0.2) is 200 Å². The zero-order chi connectivity index (χ0) is 35.8. The van der Waals surface area contributed by atoms with Crippen LogP contribution < -0.4 is 0 Å². The molecule has 0 bridgehead atoms. The molecule has 252 valence electrons. The lowest BCUT2D eigenvalue weighted by Crippen LogP contribution is -1.96. The smallest absolute Gasteiger partial charge is 0.160 e. The molecule has 8 aromatic carbocycles. The largest absolute Gasteiger partial charge is 0.265 e. The van der Waals surface area contributed by atoms with Crippen LogP contribution in [0, 0.1) is 0 Å². The SMILES string of the molecule is c1ccc(-c2nc(-c3ccc(-c4ccncc4)cc3)cc(-c3ccc(-c4ccc(-c5cc6ccc7ccccc7c6c6ccccc56)cc4)cc3)n2)cc1. The Kier molecular flexibility index (Phi) is 7.81. The number of aromatic nitrogens is 3. The van der Waals surface area contributed by atoms with Crippen LogP contribution in [0.4, 0.5) is 0 Å². The number of fused-ring (bicyclic) bond motifs is 5. The summed E-state index contributed by atoms with van der Waals surface area (Å²) in [6.45, 7) is 0. The molecule has 10 rings (SSSR count). The Hall–Kier alpha value is -7.23. The molecule has 0 amide bonds. The summed E-state index contributed by atoms with van der Waals surface area (Å²) in [6.07, 6.45) is 3.64. The van der Waals surface area contributed by atoms with Crippen LogP contribution in [0.2, 0.25) is 0 Å². The Labute approximate surface area is 313 Å². The molecular formula is C51H33N3. The van der Waals surface area contributed by atoms with Crippen molar-refractivity contribution in [3.8, 4) is 67.3 Å². The maximum absolute atomic E-state index is 5.06. The van der Waals surface area contributed by atoms with Crippen molar-refractivity contribution in [2.24, 2.45) is 0 Å². The lowest BCUT2D eigenvalue weighted by molar-refractivity contribution is 1.18. The van der Waals surface area contributed by atoms with Gasteiger partial charge >= 0.3 is 0 Å². The van der Waals surface area contributed by atoms with E-state index in [4.69, 9.17) is 9.97 Å². The first kappa shape index (κ1) is 31.5. The molecule has 0 aliphatic heterocycles. The zero-order valence-corrected chi connectivity index (χ0v) is 29.4. The predicted molar refractivity (Wildman–Crippen MR) is 225 cm³/mol. The second kappa shape index (κ2) is 13.4. The van der Waals surface area contributed by atoms with E-state index in [0.717, 1.165) is 44.8 Å². The molecule has 2 heterocycles. The van der Waals surface area contributed by atoms with E-state index in [1.807, 2.05) is 42.7 Å². The third-order valence-electron chi connectivity index (χ3n) is 10.4. The van der Waals surface area contributed by atoms with Gasteiger partial charge in [0.1, 0.15) is 0 Å². The summed E-state index contributed by atoms with van der Waals surface area (Å²) in [7, 11) is 0. The van der Waals surface area contributed by atoms with Crippen molar-refractivity contribution in [3.63, 3.8) is 0 Å². The van der Waals surface area contributed by atoms with E-state index in [-0.39, 0.29) is 0 Å². The van der Waals surface area contributed by atoms with Crippen LogP contribution in [0.5, 0.6) is 0 Å². The third kappa shape index (κ3) is 5.78. The fourth-order valence-electron chi connectivity index (χ4n) is 7.63. The van der Waals surface area contributed by atoms with Gasteiger partial charge in [0, 0.05) is 29.1 Å². The van der Waals surface area contributed by atoms with E-state index in [0.29, 0.717) is 5.82 Å². The van der Waals surface area contributed by atoms with Crippen LogP contribution in [0.25, 0.3) is 99.6 Å².